The third kappa shape index (κ3) is 30.5. The Kier molecular flexibility index (Phi) is 26.0. The Balaban J connectivity index is 0. The number of aliphatic carboxylic acids is 2. The van der Waals surface area contributed by atoms with Crippen LogP contribution in [-0.2, 0) is 9.59 Å². The maximum absolute atomic E-state index is 10.5. The number of rotatable bonds is 19. The highest BCUT2D eigenvalue weighted by Gasteiger charge is 2.02. The summed E-state index contributed by atoms with van der Waals surface area (Å²) in [4.78, 5) is 20.6. The molecule has 1 aliphatic rings. The van der Waals surface area contributed by atoms with Crippen molar-refractivity contribution >= 4 is 11.9 Å². The van der Waals surface area contributed by atoms with Crippen LogP contribution in [0.2, 0.25) is 0 Å². The molecule has 188 valence electrons. The summed E-state index contributed by atoms with van der Waals surface area (Å²) in [6.45, 7) is 11.6. The number of hydrogen-bond donors (Lipinski definition) is 4. The molecule has 1 rings (SSSR count). The minimum Gasteiger partial charge on any atom is -0.478 e. The van der Waals surface area contributed by atoms with Gasteiger partial charge in [0.2, 0.25) is 0 Å². The quantitative estimate of drug-likeness (QED) is 0.106. The SMILES string of the molecule is C1CN1.C=C(CCCCCCCCCCCCCCC)C(=O)O.C=C(CCCO)C(=O)O. The fourth-order valence-electron chi connectivity index (χ4n) is 2.86. The highest BCUT2D eigenvalue weighted by Crippen LogP contribution is 2.14. The Bertz CT molecular complexity index is 486. The molecule has 0 radical (unpaired) electrons. The van der Waals surface area contributed by atoms with Gasteiger partial charge in [-0.25, -0.2) is 9.59 Å². The molecule has 0 aliphatic carbocycles. The number of unbranched alkanes of at least 4 members (excludes halogenated alkanes) is 12. The molecule has 0 aromatic rings. The summed E-state index contributed by atoms with van der Waals surface area (Å²) in [7, 11) is 0. The van der Waals surface area contributed by atoms with Gasteiger partial charge in [-0.05, 0) is 25.7 Å². The lowest BCUT2D eigenvalue weighted by Gasteiger charge is -2.03. The van der Waals surface area contributed by atoms with Gasteiger partial charge in [0, 0.05) is 30.8 Å². The minimum atomic E-state index is -0.983. The third-order valence-corrected chi connectivity index (χ3v) is 5.07. The highest BCUT2D eigenvalue weighted by molar-refractivity contribution is 5.85. The number of aliphatic hydroxyl groups excluding tert-OH is 1. The Morgan fingerprint density at radius 1 is 0.656 bits per heavy atom. The molecule has 4 N–H and O–H groups in total. The van der Waals surface area contributed by atoms with Gasteiger partial charge in [-0.15, -0.1) is 0 Å². The minimum absolute atomic E-state index is 0.0201. The summed E-state index contributed by atoms with van der Waals surface area (Å²) in [5, 5.41) is 28.2. The molecule has 0 saturated carbocycles. The van der Waals surface area contributed by atoms with Crippen molar-refractivity contribution in [1.82, 2.24) is 5.32 Å². The van der Waals surface area contributed by atoms with Crippen LogP contribution >= 0.6 is 0 Å². The van der Waals surface area contributed by atoms with Gasteiger partial charge in [0.15, 0.2) is 0 Å². The molecule has 1 fully saturated rings. The first-order chi connectivity index (χ1) is 15.4. The predicted octanol–water partition coefficient (Wildman–Crippen LogP) is 6.10. The van der Waals surface area contributed by atoms with E-state index in [9.17, 15) is 9.59 Å². The van der Waals surface area contributed by atoms with Gasteiger partial charge in [0.1, 0.15) is 0 Å². The van der Waals surface area contributed by atoms with Gasteiger partial charge >= 0.3 is 11.9 Å². The van der Waals surface area contributed by atoms with E-state index in [1.807, 2.05) is 0 Å². The van der Waals surface area contributed by atoms with Crippen molar-refractivity contribution in [3.05, 3.63) is 24.3 Å². The number of carboxylic acids is 2. The second kappa shape index (κ2) is 25.6. The van der Waals surface area contributed by atoms with Crippen molar-refractivity contribution in [2.24, 2.45) is 0 Å². The first-order valence-electron chi connectivity index (χ1n) is 12.5. The summed E-state index contributed by atoms with van der Waals surface area (Å²) in [6, 6.07) is 0. The molecule has 0 unspecified atom stereocenters. The standard InChI is InChI=1S/C18H34O2.C6H10O3.C2H5N/c1-3-4-5-6-7-8-9-10-11-12-13-14-15-16-17(2)18(19)20;1-5(6(8)9)3-2-4-7;1-2-3-1/h2-16H2,1H3,(H,19,20);7H,1-4H2,(H,8,9);3H,1-2H2. The molecule has 1 aliphatic heterocycles. The summed E-state index contributed by atoms with van der Waals surface area (Å²) < 4.78 is 0. The van der Waals surface area contributed by atoms with E-state index in [2.05, 4.69) is 25.4 Å². The number of carboxylic acid groups (broad SMARTS) is 2. The summed E-state index contributed by atoms with van der Waals surface area (Å²) in [5.41, 5.74) is 0.511. The molecule has 1 saturated heterocycles. The molecule has 32 heavy (non-hydrogen) atoms. The van der Waals surface area contributed by atoms with Gasteiger partial charge in [-0.1, -0.05) is 97.1 Å². The van der Waals surface area contributed by atoms with Gasteiger partial charge < -0.3 is 20.6 Å². The zero-order valence-electron chi connectivity index (χ0n) is 20.5. The van der Waals surface area contributed by atoms with E-state index >= 15 is 0 Å². The van der Waals surface area contributed by atoms with Crippen LogP contribution in [-0.4, -0.2) is 47.0 Å². The fraction of sp³-hybridized carbons (Fsp3) is 0.769. The summed E-state index contributed by atoms with van der Waals surface area (Å²) in [6.07, 6.45) is 18.6. The number of hydrogen-bond acceptors (Lipinski definition) is 4. The van der Waals surface area contributed by atoms with Crippen LogP contribution in [0, 0.1) is 0 Å². The van der Waals surface area contributed by atoms with E-state index in [0.717, 1.165) is 12.8 Å². The lowest BCUT2D eigenvalue weighted by molar-refractivity contribution is -0.133. The lowest BCUT2D eigenvalue weighted by atomic mass is 10.0. The van der Waals surface area contributed by atoms with Crippen molar-refractivity contribution in [3.63, 3.8) is 0 Å². The second-order valence-electron chi connectivity index (χ2n) is 8.39. The maximum Gasteiger partial charge on any atom is 0.330 e. The van der Waals surface area contributed by atoms with E-state index in [1.165, 1.54) is 83.7 Å². The van der Waals surface area contributed by atoms with Crippen LogP contribution in [0.25, 0.3) is 0 Å². The van der Waals surface area contributed by atoms with Crippen LogP contribution in [0.5, 0.6) is 0 Å². The van der Waals surface area contributed by atoms with E-state index in [1.54, 1.807) is 0 Å². The first-order valence-corrected chi connectivity index (χ1v) is 12.5. The Morgan fingerprint density at radius 3 is 1.25 bits per heavy atom. The molecule has 0 amide bonds. The molecule has 0 bridgehead atoms. The Labute approximate surface area is 196 Å². The lowest BCUT2D eigenvalue weighted by Crippen LogP contribution is -1.99. The van der Waals surface area contributed by atoms with Crippen LogP contribution in [0.1, 0.15) is 110 Å². The smallest absolute Gasteiger partial charge is 0.330 e. The average molecular weight is 456 g/mol. The zero-order valence-corrected chi connectivity index (χ0v) is 20.5. The molecule has 0 atom stereocenters. The normalized spacial score (nSPS) is 11.4. The van der Waals surface area contributed by atoms with E-state index in [4.69, 9.17) is 15.3 Å². The topological polar surface area (TPSA) is 117 Å². The predicted molar refractivity (Wildman–Crippen MR) is 133 cm³/mol. The molecule has 6 nitrogen and oxygen atoms in total. The Morgan fingerprint density at radius 2 is 0.969 bits per heavy atom. The van der Waals surface area contributed by atoms with Crippen molar-refractivity contribution < 1.29 is 24.9 Å². The van der Waals surface area contributed by atoms with Gasteiger partial charge in [0.05, 0.1) is 0 Å². The average Bonchev–Trinajstić information content (AvgIpc) is 3.65. The van der Waals surface area contributed by atoms with Gasteiger partial charge in [0.25, 0.3) is 0 Å². The molecule has 6 heteroatoms. The van der Waals surface area contributed by atoms with Crippen molar-refractivity contribution in [3.8, 4) is 0 Å². The van der Waals surface area contributed by atoms with Crippen LogP contribution in [0.15, 0.2) is 24.3 Å². The molecular formula is C26H49NO5. The number of nitrogens with one attached hydrogen (secondary N) is 1. The first kappa shape index (κ1) is 32.5. The van der Waals surface area contributed by atoms with Crippen LogP contribution in [0.3, 0.4) is 0 Å². The molecule has 0 spiro atoms. The van der Waals surface area contributed by atoms with Crippen molar-refractivity contribution in [2.45, 2.75) is 110 Å². The van der Waals surface area contributed by atoms with E-state index in [-0.39, 0.29) is 12.2 Å². The van der Waals surface area contributed by atoms with Crippen LogP contribution in [0.4, 0.5) is 0 Å². The molecule has 0 aromatic heterocycles. The van der Waals surface area contributed by atoms with Gasteiger partial charge in [-0.3, -0.25) is 0 Å². The zero-order chi connectivity index (χ0) is 24.5. The fourth-order valence-corrected chi connectivity index (χ4v) is 2.86. The number of carbonyl (C=O) groups is 2. The molecule has 1 heterocycles. The van der Waals surface area contributed by atoms with Crippen molar-refractivity contribution in [1.29, 1.82) is 0 Å². The molecule has 0 aromatic carbocycles. The number of aliphatic hydroxyl groups is 1. The summed E-state index contributed by atoms with van der Waals surface area (Å²) >= 11 is 0. The summed E-state index contributed by atoms with van der Waals surface area (Å²) in [5.74, 6) is -1.83. The maximum atomic E-state index is 10.5. The van der Waals surface area contributed by atoms with Crippen molar-refractivity contribution in [2.75, 3.05) is 19.7 Å². The third-order valence-electron chi connectivity index (χ3n) is 5.07. The van der Waals surface area contributed by atoms with Gasteiger partial charge in [-0.2, -0.15) is 0 Å². The van der Waals surface area contributed by atoms with E-state index < -0.39 is 11.9 Å². The van der Waals surface area contributed by atoms with Crippen LogP contribution < -0.4 is 5.32 Å². The second-order valence-corrected chi connectivity index (χ2v) is 8.39. The molecular weight excluding hydrogens is 406 g/mol. The van der Waals surface area contributed by atoms with E-state index in [0.29, 0.717) is 24.8 Å². The monoisotopic (exact) mass is 455 g/mol. The largest absolute Gasteiger partial charge is 0.478 e. The highest BCUT2D eigenvalue weighted by atomic mass is 16.4. The Hall–Kier alpha value is -1.66.